The Morgan fingerprint density at radius 3 is 2.55 bits per heavy atom. The van der Waals surface area contributed by atoms with Crippen molar-refractivity contribution in [1.82, 2.24) is 10.2 Å². The van der Waals surface area contributed by atoms with Gasteiger partial charge < -0.3 is 10.1 Å². The van der Waals surface area contributed by atoms with Crippen molar-refractivity contribution >= 4 is 16.7 Å². The third kappa shape index (κ3) is 5.10. The maximum absolute atomic E-state index is 11.9. The number of nitrogens with zero attached hydrogens (tertiary/aromatic N) is 1. The second-order valence-corrected chi connectivity index (χ2v) is 7.72. The van der Waals surface area contributed by atoms with E-state index in [4.69, 9.17) is 4.74 Å². The van der Waals surface area contributed by atoms with Gasteiger partial charge in [0.25, 0.3) is 5.91 Å². The third-order valence-corrected chi connectivity index (χ3v) is 5.14. The first-order valence-corrected chi connectivity index (χ1v) is 9.01. The summed E-state index contributed by atoms with van der Waals surface area (Å²) < 4.78 is 16.8. The number of hydrogen-bond donors (Lipinski definition) is 1. The first-order chi connectivity index (χ1) is 10.5. The highest BCUT2D eigenvalue weighted by Gasteiger charge is 2.29. The van der Waals surface area contributed by atoms with Crippen LogP contribution in [0.2, 0.25) is 0 Å². The van der Waals surface area contributed by atoms with Gasteiger partial charge >= 0.3 is 0 Å². The van der Waals surface area contributed by atoms with E-state index in [1.54, 1.807) is 0 Å². The minimum absolute atomic E-state index is 0.0180. The van der Waals surface area contributed by atoms with Gasteiger partial charge in [-0.05, 0) is 26.0 Å². The lowest BCUT2D eigenvalue weighted by Crippen LogP contribution is -2.56. The largest absolute Gasteiger partial charge is 0.484 e. The summed E-state index contributed by atoms with van der Waals surface area (Å²) in [5, 5.41) is 2.92. The molecule has 1 aliphatic heterocycles. The van der Waals surface area contributed by atoms with E-state index in [-0.39, 0.29) is 18.1 Å². The topological polar surface area (TPSA) is 58.6 Å². The molecule has 0 bridgehead atoms. The average molecular weight is 324 g/mol. The van der Waals surface area contributed by atoms with Crippen LogP contribution in [-0.2, 0) is 15.6 Å². The van der Waals surface area contributed by atoms with Crippen LogP contribution in [-0.4, -0.2) is 58.3 Å². The van der Waals surface area contributed by atoms with Crippen LogP contribution in [0.25, 0.3) is 0 Å². The van der Waals surface area contributed by atoms with Crippen molar-refractivity contribution in [2.75, 3.05) is 37.7 Å². The van der Waals surface area contributed by atoms with Gasteiger partial charge in [-0.1, -0.05) is 18.2 Å². The fourth-order valence-electron chi connectivity index (χ4n) is 2.39. The summed E-state index contributed by atoms with van der Waals surface area (Å²) in [5.74, 6) is 2.00. The second kappa shape index (κ2) is 7.74. The first-order valence-electron chi connectivity index (χ1n) is 7.52. The van der Waals surface area contributed by atoms with Crippen molar-refractivity contribution in [2.45, 2.75) is 19.4 Å². The molecule has 1 aromatic carbocycles. The van der Waals surface area contributed by atoms with Crippen LogP contribution in [0.15, 0.2) is 30.3 Å². The molecule has 5 nitrogen and oxygen atoms in total. The van der Waals surface area contributed by atoms with Crippen molar-refractivity contribution in [3.63, 3.8) is 0 Å². The molecule has 0 aliphatic carbocycles. The Hall–Kier alpha value is -1.40. The normalized spacial score (nSPS) is 17.2. The summed E-state index contributed by atoms with van der Waals surface area (Å²) in [5.41, 5.74) is -0.146. The Labute approximate surface area is 134 Å². The van der Waals surface area contributed by atoms with Crippen LogP contribution in [0, 0.1) is 0 Å². The van der Waals surface area contributed by atoms with Crippen LogP contribution in [0.5, 0.6) is 5.75 Å². The monoisotopic (exact) mass is 324 g/mol. The highest BCUT2D eigenvalue weighted by molar-refractivity contribution is 7.85. The minimum atomic E-state index is -0.682. The molecular weight excluding hydrogens is 300 g/mol. The summed E-state index contributed by atoms with van der Waals surface area (Å²) in [7, 11) is -0.682. The molecular formula is C16H24N2O3S. The molecule has 1 amide bonds. The molecule has 0 unspecified atom stereocenters. The highest BCUT2D eigenvalue weighted by Crippen LogP contribution is 2.16. The maximum atomic E-state index is 11.9. The molecule has 0 spiro atoms. The molecule has 0 radical (unpaired) electrons. The fourth-order valence-corrected chi connectivity index (χ4v) is 3.44. The lowest BCUT2D eigenvalue weighted by Gasteiger charge is -2.40. The van der Waals surface area contributed by atoms with E-state index in [0.717, 1.165) is 13.1 Å². The van der Waals surface area contributed by atoms with Gasteiger partial charge in [0.15, 0.2) is 6.61 Å². The number of rotatable bonds is 6. The van der Waals surface area contributed by atoms with Crippen LogP contribution in [0.1, 0.15) is 13.8 Å². The Balaban J connectivity index is 1.74. The van der Waals surface area contributed by atoms with Gasteiger partial charge in [0, 0.05) is 47.5 Å². The number of para-hydroxylation sites is 1. The number of hydrogen-bond acceptors (Lipinski definition) is 4. The lowest BCUT2D eigenvalue weighted by molar-refractivity contribution is -0.123. The predicted molar refractivity (Wildman–Crippen MR) is 88.5 cm³/mol. The average Bonchev–Trinajstić information content (AvgIpc) is 2.52. The Bertz CT molecular complexity index is 509. The number of benzene rings is 1. The Morgan fingerprint density at radius 2 is 1.91 bits per heavy atom. The molecule has 6 heteroatoms. The van der Waals surface area contributed by atoms with Gasteiger partial charge in [-0.2, -0.15) is 0 Å². The van der Waals surface area contributed by atoms with E-state index in [2.05, 4.69) is 24.1 Å². The summed E-state index contributed by atoms with van der Waals surface area (Å²) in [4.78, 5) is 14.2. The summed E-state index contributed by atoms with van der Waals surface area (Å²) >= 11 is 0. The Morgan fingerprint density at radius 1 is 1.27 bits per heavy atom. The van der Waals surface area contributed by atoms with Crippen molar-refractivity contribution in [3.8, 4) is 5.75 Å². The van der Waals surface area contributed by atoms with Crippen LogP contribution in [0.4, 0.5) is 0 Å². The van der Waals surface area contributed by atoms with Gasteiger partial charge in [0.2, 0.25) is 0 Å². The molecule has 1 saturated heterocycles. The number of nitrogens with one attached hydrogen (secondary N) is 1. The predicted octanol–water partition coefficient (Wildman–Crippen LogP) is 1.02. The smallest absolute Gasteiger partial charge is 0.258 e. The molecule has 0 saturated carbocycles. The number of carbonyl (C=O) groups is 1. The van der Waals surface area contributed by atoms with Crippen molar-refractivity contribution in [1.29, 1.82) is 0 Å². The molecule has 1 aromatic rings. The van der Waals surface area contributed by atoms with E-state index in [0.29, 0.717) is 23.8 Å². The molecule has 1 heterocycles. The van der Waals surface area contributed by atoms with Gasteiger partial charge in [-0.15, -0.1) is 0 Å². The molecule has 2 rings (SSSR count). The zero-order valence-corrected chi connectivity index (χ0v) is 14.0. The number of amides is 1. The molecule has 1 N–H and O–H groups in total. The standard InChI is InChI=1S/C16H24N2O3S/c1-16(2,18-8-10-22(20)11-9-18)13-17-15(19)12-21-14-6-4-3-5-7-14/h3-7H,8-13H2,1-2H3,(H,17,19). The van der Waals surface area contributed by atoms with E-state index in [1.807, 2.05) is 30.3 Å². The van der Waals surface area contributed by atoms with Gasteiger partial charge in [0.05, 0.1) is 0 Å². The quantitative estimate of drug-likeness (QED) is 0.849. The summed E-state index contributed by atoms with van der Waals surface area (Å²) in [6.07, 6.45) is 0. The van der Waals surface area contributed by atoms with Gasteiger partial charge in [-0.3, -0.25) is 13.9 Å². The maximum Gasteiger partial charge on any atom is 0.258 e. The second-order valence-electron chi connectivity index (χ2n) is 6.03. The number of carbonyl (C=O) groups excluding carboxylic acids is 1. The van der Waals surface area contributed by atoms with Crippen molar-refractivity contribution < 1.29 is 13.7 Å². The van der Waals surface area contributed by atoms with E-state index >= 15 is 0 Å². The van der Waals surface area contributed by atoms with Crippen molar-refractivity contribution in [2.24, 2.45) is 0 Å². The lowest BCUT2D eigenvalue weighted by atomic mass is 10.0. The molecule has 0 atom stereocenters. The van der Waals surface area contributed by atoms with Crippen molar-refractivity contribution in [3.05, 3.63) is 30.3 Å². The van der Waals surface area contributed by atoms with E-state index < -0.39 is 10.8 Å². The van der Waals surface area contributed by atoms with E-state index in [1.165, 1.54) is 0 Å². The van der Waals surface area contributed by atoms with Crippen LogP contribution >= 0.6 is 0 Å². The molecule has 122 valence electrons. The summed E-state index contributed by atoms with van der Waals surface area (Å²) in [6.45, 7) is 6.39. The van der Waals surface area contributed by atoms with Gasteiger partial charge in [-0.25, -0.2) is 0 Å². The van der Waals surface area contributed by atoms with Crippen LogP contribution < -0.4 is 10.1 Å². The molecule has 22 heavy (non-hydrogen) atoms. The van der Waals surface area contributed by atoms with Crippen LogP contribution in [0.3, 0.4) is 0 Å². The molecule has 1 fully saturated rings. The van der Waals surface area contributed by atoms with E-state index in [9.17, 15) is 9.00 Å². The summed E-state index contributed by atoms with van der Waals surface area (Å²) in [6, 6.07) is 9.30. The number of ether oxygens (including phenoxy) is 1. The van der Waals surface area contributed by atoms with Gasteiger partial charge in [0.1, 0.15) is 5.75 Å². The molecule has 0 aromatic heterocycles. The SMILES string of the molecule is CC(C)(CNC(=O)COc1ccccc1)N1CCS(=O)CC1. The fraction of sp³-hybridized carbons (Fsp3) is 0.562. The Kier molecular flexibility index (Phi) is 5.97. The zero-order chi connectivity index (χ0) is 16.0. The third-order valence-electron chi connectivity index (χ3n) is 3.87. The zero-order valence-electron chi connectivity index (χ0n) is 13.2. The molecule has 1 aliphatic rings. The minimum Gasteiger partial charge on any atom is -0.484 e. The first kappa shape index (κ1) is 17.0. The highest BCUT2D eigenvalue weighted by atomic mass is 32.2.